The molecule has 0 bridgehead atoms. The van der Waals surface area contributed by atoms with E-state index < -0.39 is 16.1 Å². The minimum Gasteiger partial charge on any atom is -0.447 e. The van der Waals surface area contributed by atoms with Crippen LogP contribution in [0.25, 0.3) is 0 Å². The van der Waals surface area contributed by atoms with Crippen molar-refractivity contribution < 1.29 is 17.9 Å². The van der Waals surface area contributed by atoms with Crippen LogP contribution >= 0.6 is 0 Å². The number of hydrogen-bond acceptors (Lipinski definition) is 5. The predicted octanol–water partition coefficient (Wildman–Crippen LogP) is 0.0482. The fourth-order valence-corrected chi connectivity index (χ4v) is 1.87. The molecule has 7 heteroatoms. The smallest absolute Gasteiger partial charge is 0.273 e. The van der Waals surface area contributed by atoms with E-state index in [1.165, 1.54) is 13.1 Å². The molecule has 17 heavy (non-hydrogen) atoms. The Morgan fingerprint density at radius 2 is 2.18 bits per heavy atom. The first-order chi connectivity index (χ1) is 7.99. The largest absolute Gasteiger partial charge is 0.447 e. The second-order valence-corrected chi connectivity index (χ2v) is 5.44. The van der Waals surface area contributed by atoms with Crippen LogP contribution in [0.1, 0.15) is 19.1 Å². The van der Waals surface area contributed by atoms with Crippen molar-refractivity contribution >= 4 is 10.0 Å². The number of nitrogens with one attached hydrogen (secondary N) is 2. The van der Waals surface area contributed by atoms with Gasteiger partial charge in [-0.05, 0) is 25.6 Å². The summed E-state index contributed by atoms with van der Waals surface area (Å²) in [5.41, 5.74) is 0. The van der Waals surface area contributed by atoms with E-state index in [-0.39, 0.29) is 5.09 Å². The zero-order chi connectivity index (χ0) is 12.9. The Morgan fingerprint density at radius 3 is 2.76 bits per heavy atom. The SMILES string of the molecule is CCC(O)CNCc1ccc(S(=O)(=O)NC)o1. The standard InChI is InChI=1S/C10H18N2O4S/c1-3-8(13)6-12-7-9-4-5-10(16-9)17(14,15)11-2/h4-5,8,11-13H,3,6-7H2,1-2H3. The highest BCUT2D eigenvalue weighted by atomic mass is 32.2. The summed E-state index contributed by atoms with van der Waals surface area (Å²) >= 11 is 0. The van der Waals surface area contributed by atoms with Crippen LogP contribution in [-0.2, 0) is 16.6 Å². The van der Waals surface area contributed by atoms with E-state index in [2.05, 4.69) is 10.0 Å². The van der Waals surface area contributed by atoms with Crippen molar-refractivity contribution in [3.05, 3.63) is 17.9 Å². The molecule has 0 aliphatic rings. The lowest BCUT2D eigenvalue weighted by atomic mass is 10.3. The molecule has 0 spiro atoms. The summed E-state index contributed by atoms with van der Waals surface area (Å²) in [6, 6.07) is 2.99. The third-order valence-corrected chi connectivity index (χ3v) is 3.61. The molecule has 1 aromatic heterocycles. The van der Waals surface area contributed by atoms with Gasteiger partial charge in [-0.2, -0.15) is 0 Å². The number of furan rings is 1. The molecule has 0 radical (unpaired) electrons. The fraction of sp³-hybridized carbons (Fsp3) is 0.600. The second kappa shape index (κ2) is 6.15. The average molecular weight is 262 g/mol. The molecule has 6 nitrogen and oxygen atoms in total. The lowest BCUT2D eigenvalue weighted by Gasteiger charge is -2.07. The van der Waals surface area contributed by atoms with E-state index in [1.807, 2.05) is 6.92 Å². The molecule has 0 amide bonds. The van der Waals surface area contributed by atoms with Gasteiger partial charge < -0.3 is 14.8 Å². The number of sulfonamides is 1. The summed E-state index contributed by atoms with van der Waals surface area (Å²) in [7, 11) is -2.19. The first-order valence-electron chi connectivity index (χ1n) is 5.40. The van der Waals surface area contributed by atoms with Crippen molar-refractivity contribution in [2.45, 2.75) is 31.1 Å². The van der Waals surface area contributed by atoms with E-state index in [0.29, 0.717) is 25.3 Å². The minimum atomic E-state index is -3.52. The van der Waals surface area contributed by atoms with Gasteiger partial charge >= 0.3 is 0 Å². The fourth-order valence-electron chi connectivity index (χ4n) is 1.20. The van der Waals surface area contributed by atoms with Gasteiger partial charge in [0.1, 0.15) is 5.76 Å². The second-order valence-electron chi connectivity index (χ2n) is 3.62. The topological polar surface area (TPSA) is 91.6 Å². The first-order valence-corrected chi connectivity index (χ1v) is 6.89. The highest BCUT2D eigenvalue weighted by Gasteiger charge is 2.16. The Balaban J connectivity index is 2.52. The van der Waals surface area contributed by atoms with Crippen LogP contribution in [0.4, 0.5) is 0 Å². The number of rotatable bonds is 7. The zero-order valence-electron chi connectivity index (χ0n) is 9.93. The van der Waals surface area contributed by atoms with Crippen LogP contribution in [0.5, 0.6) is 0 Å². The van der Waals surface area contributed by atoms with Crippen LogP contribution in [-0.4, -0.2) is 33.2 Å². The maximum atomic E-state index is 11.4. The molecular weight excluding hydrogens is 244 g/mol. The summed E-state index contributed by atoms with van der Waals surface area (Å²) in [5.74, 6) is 0.516. The molecule has 0 aromatic carbocycles. The van der Waals surface area contributed by atoms with Gasteiger partial charge in [-0.15, -0.1) is 0 Å². The Labute approximate surface area is 101 Å². The normalized spacial score (nSPS) is 13.8. The Hall–Kier alpha value is -0.890. The molecule has 0 aliphatic carbocycles. The molecule has 0 saturated heterocycles. The van der Waals surface area contributed by atoms with E-state index >= 15 is 0 Å². The Bertz CT molecular complexity index is 441. The molecular formula is C10H18N2O4S. The van der Waals surface area contributed by atoms with Crippen LogP contribution in [0.15, 0.2) is 21.6 Å². The number of aliphatic hydroxyl groups is 1. The lowest BCUT2D eigenvalue weighted by molar-refractivity contribution is 0.166. The molecule has 1 aromatic rings. The quantitative estimate of drug-likeness (QED) is 0.645. The minimum absolute atomic E-state index is 0.104. The predicted molar refractivity (Wildman–Crippen MR) is 63.0 cm³/mol. The van der Waals surface area contributed by atoms with Crippen LogP contribution in [0.2, 0.25) is 0 Å². The molecule has 3 N–H and O–H groups in total. The van der Waals surface area contributed by atoms with Crippen molar-refractivity contribution in [1.29, 1.82) is 0 Å². The van der Waals surface area contributed by atoms with Gasteiger partial charge in [0.05, 0.1) is 12.6 Å². The lowest BCUT2D eigenvalue weighted by Crippen LogP contribution is -2.25. The van der Waals surface area contributed by atoms with Gasteiger partial charge in [0.2, 0.25) is 5.09 Å². The van der Waals surface area contributed by atoms with Crippen molar-refractivity contribution in [1.82, 2.24) is 10.0 Å². The van der Waals surface area contributed by atoms with Gasteiger partial charge in [-0.1, -0.05) is 6.92 Å². The van der Waals surface area contributed by atoms with Gasteiger partial charge in [-0.3, -0.25) is 0 Å². The van der Waals surface area contributed by atoms with Crippen molar-refractivity contribution in [2.75, 3.05) is 13.6 Å². The highest BCUT2D eigenvalue weighted by molar-refractivity contribution is 7.89. The maximum Gasteiger partial charge on any atom is 0.273 e. The maximum absolute atomic E-state index is 11.4. The van der Waals surface area contributed by atoms with Crippen LogP contribution < -0.4 is 10.0 Å². The summed E-state index contributed by atoms with van der Waals surface area (Å²) in [6.45, 7) is 2.72. The average Bonchev–Trinajstić information content (AvgIpc) is 2.78. The first kappa shape index (κ1) is 14.2. The summed E-state index contributed by atoms with van der Waals surface area (Å²) in [5, 5.41) is 12.2. The van der Waals surface area contributed by atoms with Crippen molar-refractivity contribution in [3.63, 3.8) is 0 Å². The monoisotopic (exact) mass is 262 g/mol. The third-order valence-electron chi connectivity index (χ3n) is 2.32. The number of aliphatic hydroxyl groups excluding tert-OH is 1. The van der Waals surface area contributed by atoms with Gasteiger partial charge in [-0.25, -0.2) is 13.1 Å². The van der Waals surface area contributed by atoms with E-state index in [9.17, 15) is 13.5 Å². The van der Waals surface area contributed by atoms with Gasteiger partial charge in [0.25, 0.3) is 10.0 Å². The molecule has 0 aliphatic heterocycles. The van der Waals surface area contributed by atoms with Crippen LogP contribution in [0, 0.1) is 0 Å². The van der Waals surface area contributed by atoms with E-state index in [0.717, 1.165) is 0 Å². The summed E-state index contributed by atoms with van der Waals surface area (Å²) < 4.78 is 30.1. The summed E-state index contributed by atoms with van der Waals surface area (Å²) in [4.78, 5) is 0. The van der Waals surface area contributed by atoms with Gasteiger partial charge in [0, 0.05) is 6.54 Å². The van der Waals surface area contributed by atoms with Gasteiger partial charge in [0.15, 0.2) is 0 Å². The van der Waals surface area contributed by atoms with Crippen molar-refractivity contribution in [2.24, 2.45) is 0 Å². The third kappa shape index (κ3) is 4.12. The van der Waals surface area contributed by atoms with Crippen molar-refractivity contribution in [3.8, 4) is 0 Å². The van der Waals surface area contributed by atoms with E-state index in [4.69, 9.17) is 4.42 Å². The molecule has 1 heterocycles. The Kier molecular flexibility index (Phi) is 5.13. The molecule has 1 unspecified atom stereocenters. The molecule has 0 saturated carbocycles. The highest BCUT2D eigenvalue weighted by Crippen LogP contribution is 2.13. The molecule has 1 rings (SSSR count). The molecule has 1 atom stereocenters. The van der Waals surface area contributed by atoms with Crippen LogP contribution in [0.3, 0.4) is 0 Å². The number of hydrogen-bond donors (Lipinski definition) is 3. The Morgan fingerprint density at radius 1 is 1.47 bits per heavy atom. The zero-order valence-corrected chi connectivity index (χ0v) is 10.8. The summed E-state index contributed by atoms with van der Waals surface area (Å²) in [6.07, 6.45) is 0.273. The molecule has 98 valence electrons. The van der Waals surface area contributed by atoms with E-state index in [1.54, 1.807) is 6.07 Å². The molecule has 0 fully saturated rings.